The SMILES string of the molecule is CSCCC(C(=O)O)N(C(=O)CN)C(=O)C(N)CC(C)C. The zero-order valence-corrected chi connectivity index (χ0v) is 13.6. The van der Waals surface area contributed by atoms with E-state index < -0.39 is 36.4 Å². The number of rotatable bonds is 9. The Morgan fingerprint density at radius 2 is 1.86 bits per heavy atom. The lowest BCUT2D eigenvalue weighted by Crippen LogP contribution is -2.56. The Kier molecular flexibility index (Phi) is 9.23. The maximum Gasteiger partial charge on any atom is 0.326 e. The van der Waals surface area contributed by atoms with Crippen LogP contribution in [0.1, 0.15) is 26.7 Å². The highest BCUT2D eigenvalue weighted by molar-refractivity contribution is 7.98. The maximum atomic E-state index is 12.3. The molecular weight excluding hydrogens is 294 g/mol. The van der Waals surface area contributed by atoms with Gasteiger partial charge in [0, 0.05) is 0 Å². The molecule has 0 saturated carbocycles. The van der Waals surface area contributed by atoms with E-state index in [0.29, 0.717) is 12.2 Å². The first-order valence-corrected chi connectivity index (χ1v) is 8.18. The number of thioether (sulfide) groups is 1. The average Bonchev–Trinajstić information content (AvgIpc) is 2.40. The molecule has 2 atom stereocenters. The number of amides is 2. The van der Waals surface area contributed by atoms with Crippen LogP contribution >= 0.6 is 11.8 Å². The van der Waals surface area contributed by atoms with E-state index in [1.54, 1.807) is 0 Å². The van der Waals surface area contributed by atoms with Gasteiger partial charge in [-0.1, -0.05) is 13.8 Å². The molecule has 0 bridgehead atoms. The third-order valence-electron chi connectivity index (χ3n) is 2.92. The fourth-order valence-electron chi connectivity index (χ4n) is 1.93. The van der Waals surface area contributed by atoms with Crippen molar-refractivity contribution in [3.8, 4) is 0 Å². The lowest BCUT2D eigenvalue weighted by molar-refractivity contribution is -0.158. The van der Waals surface area contributed by atoms with Crippen molar-refractivity contribution >= 4 is 29.5 Å². The molecule has 5 N–H and O–H groups in total. The fraction of sp³-hybridized carbons (Fsp3) is 0.769. The zero-order valence-electron chi connectivity index (χ0n) is 12.7. The molecule has 2 unspecified atom stereocenters. The molecule has 0 aromatic rings. The van der Waals surface area contributed by atoms with Crippen LogP contribution in [0.4, 0.5) is 0 Å². The van der Waals surface area contributed by atoms with Gasteiger partial charge in [0.15, 0.2) is 0 Å². The Bertz CT molecular complexity index is 376. The fourth-order valence-corrected chi connectivity index (χ4v) is 2.39. The second-order valence-electron chi connectivity index (χ2n) is 5.18. The number of carboxylic acid groups (broad SMARTS) is 1. The van der Waals surface area contributed by atoms with Gasteiger partial charge in [0.1, 0.15) is 6.04 Å². The zero-order chi connectivity index (χ0) is 16.6. The van der Waals surface area contributed by atoms with E-state index in [0.717, 1.165) is 4.90 Å². The summed E-state index contributed by atoms with van der Waals surface area (Å²) in [4.78, 5) is 36.4. The van der Waals surface area contributed by atoms with Crippen molar-refractivity contribution in [3.05, 3.63) is 0 Å². The summed E-state index contributed by atoms with van der Waals surface area (Å²) >= 11 is 1.44. The topological polar surface area (TPSA) is 127 Å². The number of aliphatic carboxylic acids is 1. The molecule has 8 heteroatoms. The standard InChI is InChI=1S/C13H25N3O4S/c1-8(2)6-9(15)12(18)16(11(17)7-14)10(13(19)20)4-5-21-3/h8-10H,4-7,14-15H2,1-3H3,(H,19,20). The van der Waals surface area contributed by atoms with E-state index in [2.05, 4.69) is 0 Å². The van der Waals surface area contributed by atoms with Gasteiger partial charge in [0.25, 0.3) is 0 Å². The normalized spacial score (nSPS) is 13.8. The van der Waals surface area contributed by atoms with Crippen LogP contribution in [0.2, 0.25) is 0 Å². The van der Waals surface area contributed by atoms with Gasteiger partial charge in [-0.15, -0.1) is 0 Å². The first-order chi connectivity index (χ1) is 9.76. The van der Waals surface area contributed by atoms with Crippen molar-refractivity contribution in [2.45, 2.75) is 38.8 Å². The molecule has 0 radical (unpaired) electrons. The van der Waals surface area contributed by atoms with E-state index >= 15 is 0 Å². The molecule has 2 amide bonds. The van der Waals surface area contributed by atoms with Crippen molar-refractivity contribution in [1.82, 2.24) is 4.90 Å². The van der Waals surface area contributed by atoms with Crippen LogP contribution in [0.5, 0.6) is 0 Å². The van der Waals surface area contributed by atoms with Crippen LogP contribution in [0.3, 0.4) is 0 Å². The summed E-state index contributed by atoms with van der Waals surface area (Å²) in [6.07, 6.45) is 2.37. The molecule has 0 aromatic carbocycles. The predicted molar refractivity (Wildman–Crippen MR) is 82.8 cm³/mol. The first kappa shape index (κ1) is 19.9. The number of hydrogen-bond donors (Lipinski definition) is 3. The minimum Gasteiger partial charge on any atom is -0.480 e. The second kappa shape index (κ2) is 9.75. The number of carbonyl (C=O) groups is 3. The van der Waals surface area contributed by atoms with Gasteiger partial charge < -0.3 is 16.6 Å². The monoisotopic (exact) mass is 319 g/mol. The predicted octanol–water partition coefficient (Wildman–Crippen LogP) is -0.120. The Hall–Kier alpha value is -1.12. The van der Waals surface area contributed by atoms with Crippen molar-refractivity contribution in [2.75, 3.05) is 18.6 Å². The Labute approximate surface area is 129 Å². The molecular formula is C13H25N3O4S. The second-order valence-corrected chi connectivity index (χ2v) is 6.16. The van der Waals surface area contributed by atoms with Crippen molar-refractivity contribution < 1.29 is 19.5 Å². The van der Waals surface area contributed by atoms with E-state index in [-0.39, 0.29) is 12.3 Å². The Morgan fingerprint density at radius 1 is 1.29 bits per heavy atom. The minimum absolute atomic E-state index is 0.160. The van der Waals surface area contributed by atoms with Gasteiger partial charge in [-0.3, -0.25) is 14.5 Å². The molecule has 0 spiro atoms. The van der Waals surface area contributed by atoms with Crippen molar-refractivity contribution in [3.63, 3.8) is 0 Å². The molecule has 0 saturated heterocycles. The summed E-state index contributed by atoms with van der Waals surface area (Å²) in [5.74, 6) is -1.94. The number of nitrogens with two attached hydrogens (primary N) is 2. The van der Waals surface area contributed by atoms with Gasteiger partial charge >= 0.3 is 5.97 Å². The number of carbonyl (C=O) groups excluding carboxylic acids is 2. The van der Waals surface area contributed by atoms with Crippen LogP contribution in [0.25, 0.3) is 0 Å². The molecule has 0 aliphatic heterocycles. The maximum absolute atomic E-state index is 12.3. The number of hydrogen-bond acceptors (Lipinski definition) is 6. The molecule has 0 aliphatic carbocycles. The lowest BCUT2D eigenvalue weighted by Gasteiger charge is -2.29. The van der Waals surface area contributed by atoms with Gasteiger partial charge in [0.05, 0.1) is 12.6 Å². The summed E-state index contributed by atoms with van der Waals surface area (Å²) in [7, 11) is 0. The molecule has 0 aromatic heterocycles. The van der Waals surface area contributed by atoms with Crippen LogP contribution < -0.4 is 11.5 Å². The summed E-state index contributed by atoms with van der Waals surface area (Å²) in [6, 6.07) is -2.13. The number of imide groups is 1. The van der Waals surface area contributed by atoms with Gasteiger partial charge in [0.2, 0.25) is 11.8 Å². The summed E-state index contributed by atoms with van der Waals surface area (Å²) in [5.41, 5.74) is 11.1. The summed E-state index contributed by atoms with van der Waals surface area (Å²) < 4.78 is 0. The summed E-state index contributed by atoms with van der Waals surface area (Å²) in [6.45, 7) is 3.36. The molecule has 0 heterocycles. The molecule has 21 heavy (non-hydrogen) atoms. The molecule has 7 nitrogen and oxygen atoms in total. The minimum atomic E-state index is -1.23. The number of carboxylic acids is 1. The van der Waals surface area contributed by atoms with E-state index in [4.69, 9.17) is 11.5 Å². The van der Waals surface area contributed by atoms with Crippen LogP contribution in [0, 0.1) is 5.92 Å². The molecule has 0 rings (SSSR count). The first-order valence-electron chi connectivity index (χ1n) is 6.79. The quantitative estimate of drug-likeness (QED) is 0.540. The van der Waals surface area contributed by atoms with Gasteiger partial charge in [-0.2, -0.15) is 11.8 Å². The van der Waals surface area contributed by atoms with Gasteiger partial charge in [-0.25, -0.2) is 4.79 Å². The average molecular weight is 319 g/mol. The van der Waals surface area contributed by atoms with Crippen LogP contribution in [0.15, 0.2) is 0 Å². The molecule has 122 valence electrons. The van der Waals surface area contributed by atoms with Crippen molar-refractivity contribution in [2.24, 2.45) is 17.4 Å². The van der Waals surface area contributed by atoms with Crippen LogP contribution in [-0.2, 0) is 14.4 Å². The Balaban J connectivity index is 5.28. The van der Waals surface area contributed by atoms with Crippen molar-refractivity contribution in [1.29, 1.82) is 0 Å². The van der Waals surface area contributed by atoms with E-state index in [9.17, 15) is 19.5 Å². The molecule has 0 fully saturated rings. The third kappa shape index (κ3) is 6.45. The van der Waals surface area contributed by atoms with Crippen LogP contribution in [-0.4, -0.2) is 58.4 Å². The highest BCUT2D eigenvalue weighted by Gasteiger charge is 2.36. The van der Waals surface area contributed by atoms with E-state index in [1.807, 2.05) is 20.1 Å². The third-order valence-corrected chi connectivity index (χ3v) is 3.56. The lowest BCUT2D eigenvalue weighted by atomic mass is 10.0. The highest BCUT2D eigenvalue weighted by Crippen LogP contribution is 2.13. The smallest absolute Gasteiger partial charge is 0.326 e. The highest BCUT2D eigenvalue weighted by atomic mass is 32.2. The largest absolute Gasteiger partial charge is 0.480 e. The van der Waals surface area contributed by atoms with E-state index in [1.165, 1.54) is 11.8 Å². The molecule has 0 aliphatic rings. The van der Waals surface area contributed by atoms with Gasteiger partial charge in [-0.05, 0) is 30.8 Å². The summed E-state index contributed by atoms with van der Waals surface area (Å²) in [5, 5.41) is 9.29. The Morgan fingerprint density at radius 3 is 2.24 bits per heavy atom. The number of nitrogens with zero attached hydrogens (tertiary/aromatic N) is 1.